The molecule has 0 bridgehead atoms. The van der Waals surface area contributed by atoms with Gasteiger partial charge in [-0.1, -0.05) is 13.8 Å². The van der Waals surface area contributed by atoms with Crippen LogP contribution in [0.4, 0.5) is 0 Å². The lowest BCUT2D eigenvalue weighted by Crippen LogP contribution is -2.17. The molecule has 4 nitrogen and oxygen atoms in total. The SMILES string of the molecule is [C-]#[N+]CCc1cnc(C(C)C)[nH]c1=O. The molecule has 1 N–H and O–H groups in total. The second kappa shape index (κ2) is 4.56. The van der Waals surface area contributed by atoms with Gasteiger partial charge in [0.05, 0.1) is 6.42 Å². The first-order chi connectivity index (χ1) is 6.65. The standard InChI is InChI=1S/C10H13N3O/c1-7(2)9-12-6-8(4-5-11-3)10(14)13-9/h6-7H,4-5H2,1-2H3,(H,12,13,14). The quantitative estimate of drug-likeness (QED) is 0.733. The van der Waals surface area contributed by atoms with E-state index in [0.29, 0.717) is 24.4 Å². The van der Waals surface area contributed by atoms with Crippen LogP contribution in [0.2, 0.25) is 0 Å². The summed E-state index contributed by atoms with van der Waals surface area (Å²) in [7, 11) is 0. The van der Waals surface area contributed by atoms with Crippen LogP contribution in [0.15, 0.2) is 11.0 Å². The fraction of sp³-hybridized carbons (Fsp3) is 0.500. The summed E-state index contributed by atoms with van der Waals surface area (Å²) in [6, 6.07) is 0. The molecule has 0 aromatic carbocycles. The van der Waals surface area contributed by atoms with E-state index in [1.807, 2.05) is 13.8 Å². The van der Waals surface area contributed by atoms with Crippen LogP contribution < -0.4 is 5.56 Å². The van der Waals surface area contributed by atoms with E-state index in [2.05, 4.69) is 14.8 Å². The van der Waals surface area contributed by atoms with E-state index in [1.165, 1.54) is 0 Å². The van der Waals surface area contributed by atoms with E-state index in [-0.39, 0.29) is 11.5 Å². The zero-order chi connectivity index (χ0) is 10.6. The van der Waals surface area contributed by atoms with Gasteiger partial charge in [-0.2, -0.15) is 0 Å². The topological polar surface area (TPSA) is 50.1 Å². The molecule has 0 aliphatic heterocycles. The van der Waals surface area contributed by atoms with E-state index in [1.54, 1.807) is 6.20 Å². The highest BCUT2D eigenvalue weighted by atomic mass is 16.1. The average Bonchev–Trinajstić information content (AvgIpc) is 2.15. The van der Waals surface area contributed by atoms with Crippen LogP contribution in [0.5, 0.6) is 0 Å². The Morgan fingerprint density at radius 2 is 2.36 bits per heavy atom. The van der Waals surface area contributed by atoms with Crippen LogP contribution >= 0.6 is 0 Å². The molecule has 0 amide bonds. The average molecular weight is 191 g/mol. The number of hydrogen-bond donors (Lipinski definition) is 1. The predicted octanol–water partition coefficient (Wildman–Crippen LogP) is 1.36. The van der Waals surface area contributed by atoms with Gasteiger partial charge in [0, 0.05) is 17.7 Å². The fourth-order valence-electron chi connectivity index (χ4n) is 1.08. The molecule has 0 spiro atoms. The van der Waals surface area contributed by atoms with Gasteiger partial charge in [0.15, 0.2) is 0 Å². The van der Waals surface area contributed by atoms with E-state index >= 15 is 0 Å². The second-order valence-electron chi connectivity index (χ2n) is 3.41. The molecular formula is C10H13N3O. The van der Waals surface area contributed by atoms with Gasteiger partial charge in [-0.05, 0) is 0 Å². The number of H-pyrrole nitrogens is 1. The summed E-state index contributed by atoms with van der Waals surface area (Å²) in [6.45, 7) is 10.9. The lowest BCUT2D eigenvalue weighted by Gasteiger charge is -2.03. The van der Waals surface area contributed by atoms with Crippen molar-refractivity contribution in [3.8, 4) is 0 Å². The zero-order valence-electron chi connectivity index (χ0n) is 8.37. The van der Waals surface area contributed by atoms with Crippen molar-refractivity contribution in [3.05, 3.63) is 39.4 Å². The lowest BCUT2D eigenvalue weighted by atomic mass is 10.2. The molecule has 14 heavy (non-hydrogen) atoms. The summed E-state index contributed by atoms with van der Waals surface area (Å²) in [5.74, 6) is 0.916. The van der Waals surface area contributed by atoms with Crippen molar-refractivity contribution in [1.82, 2.24) is 9.97 Å². The normalized spacial score (nSPS) is 10.1. The Bertz CT molecular complexity index is 401. The van der Waals surface area contributed by atoms with Gasteiger partial charge >= 0.3 is 0 Å². The Kier molecular flexibility index (Phi) is 3.41. The maximum atomic E-state index is 11.5. The van der Waals surface area contributed by atoms with Crippen LogP contribution in [0.1, 0.15) is 31.2 Å². The number of hydrogen-bond acceptors (Lipinski definition) is 2. The highest BCUT2D eigenvalue weighted by Gasteiger charge is 2.05. The summed E-state index contributed by atoms with van der Waals surface area (Å²) in [5, 5.41) is 0. The fourth-order valence-corrected chi connectivity index (χ4v) is 1.08. The van der Waals surface area contributed by atoms with Gasteiger partial charge in [-0.25, -0.2) is 11.6 Å². The van der Waals surface area contributed by atoms with Gasteiger partial charge in [-0.15, -0.1) is 0 Å². The number of aromatic nitrogens is 2. The Balaban J connectivity index is 2.92. The number of rotatable bonds is 3. The van der Waals surface area contributed by atoms with Crippen LogP contribution in [0, 0.1) is 6.57 Å². The molecular weight excluding hydrogens is 178 g/mol. The summed E-state index contributed by atoms with van der Waals surface area (Å²) in [5.41, 5.74) is 0.470. The van der Waals surface area contributed by atoms with E-state index in [0.717, 1.165) is 0 Å². The second-order valence-corrected chi connectivity index (χ2v) is 3.41. The molecule has 0 radical (unpaired) electrons. The predicted molar refractivity (Wildman–Crippen MR) is 54.1 cm³/mol. The zero-order valence-corrected chi connectivity index (χ0v) is 8.37. The van der Waals surface area contributed by atoms with Gasteiger partial charge in [0.1, 0.15) is 5.82 Å². The first-order valence-electron chi connectivity index (χ1n) is 4.56. The van der Waals surface area contributed by atoms with E-state index in [9.17, 15) is 4.79 Å². The number of nitrogens with zero attached hydrogens (tertiary/aromatic N) is 2. The molecule has 0 saturated heterocycles. The van der Waals surface area contributed by atoms with Crippen LogP contribution in [0.3, 0.4) is 0 Å². The maximum Gasteiger partial charge on any atom is 0.254 e. The van der Waals surface area contributed by atoms with Crippen molar-refractivity contribution < 1.29 is 0 Å². The Hall–Kier alpha value is -1.63. The molecule has 4 heteroatoms. The smallest absolute Gasteiger partial charge is 0.254 e. The Labute approximate surface area is 82.8 Å². The van der Waals surface area contributed by atoms with Crippen molar-refractivity contribution in [2.75, 3.05) is 6.54 Å². The molecule has 0 aliphatic carbocycles. The van der Waals surface area contributed by atoms with Crippen molar-refractivity contribution in [2.45, 2.75) is 26.2 Å². The van der Waals surface area contributed by atoms with Crippen molar-refractivity contribution >= 4 is 0 Å². The van der Waals surface area contributed by atoms with Crippen molar-refractivity contribution in [3.63, 3.8) is 0 Å². The van der Waals surface area contributed by atoms with Gasteiger partial charge < -0.3 is 9.83 Å². The van der Waals surface area contributed by atoms with Crippen LogP contribution in [0.25, 0.3) is 4.85 Å². The molecule has 0 saturated carbocycles. The van der Waals surface area contributed by atoms with Gasteiger partial charge in [0.2, 0.25) is 6.54 Å². The van der Waals surface area contributed by atoms with Crippen LogP contribution in [-0.4, -0.2) is 16.5 Å². The molecule has 0 fully saturated rings. The summed E-state index contributed by atoms with van der Waals surface area (Å²) in [6.07, 6.45) is 2.05. The minimum atomic E-state index is -0.118. The molecule has 0 atom stereocenters. The molecule has 1 rings (SSSR count). The minimum Gasteiger partial charge on any atom is -0.317 e. The molecule has 0 unspecified atom stereocenters. The van der Waals surface area contributed by atoms with Crippen molar-refractivity contribution in [2.24, 2.45) is 0 Å². The molecule has 1 heterocycles. The monoisotopic (exact) mass is 191 g/mol. The summed E-state index contributed by atoms with van der Waals surface area (Å²) >= 11 is 0. The first kappa shape index (κ1) is 10.5. The van der Waals surface area contributed by atoms with Crippen molar-refractivity contribution in [1.29, 1.82) is 0 Å². The third-order valence-corrected chi connectivity index (χ3v) is 1.93. The maximum absolute atomic E-state index is 11.5. The van der Waals surface area contributed by atoms with E-state index < -0.39 is 0 Å². The molecule has 74 valence electrons. The largest absolute Gasteiger partial charge is 0.317 e. The van der Waals surface area contributed by atoms with E-state index in [4.69, 9.17) is 6.57 Å². The number of nitrogens with one attached hydrogen (secondary N) is 1. The van der Waals surface area contributed by atoms with Gasteiger partial charge in [0.25, 0.3) is 5.56 Å². The van der Waals surface area contributed by atoms with Crippen LogP contribution in [-0.2, 0) is 6.42 Å². The summed E-state index contributed by atoms with van der Waals surface area (Å²) < 4.78 is 0. The highest BCUT2D eigenvalue weighted by Crippen LogP contribution is 2.05. The third-order valence-electron chi connectivity index (χ3n) is 1.93. The minimum absolute atomic E-state index is 0.118. The van der Waals surface area contributed by atoms with Gasteiger partial charge in [-0.3, -0.25) is 4.79 Å². The Morgan fingerprint density at radius 3 is 2.86 bits per heavy atom. The highest BCUT2D eigenvalue weighted by molar-refractivity contribution is 5.08. The molecule has 0 aliphatic rings. The lowest BCUT2D eigenvalue weighted by molar-refractivity contribution is 0.757. The Morgan fingerprint density at radius 1 is 1.64 bits per heavy atom. The first-order valence-corrected chi connectivity index (χ1v) is 4.56. The third kappa shape index (κ3) is 2.43. The molecule has 1 aromatic rings. The molecule has 1 aromatic heterocycles. The summed E-state index contributed by atoms with van der Waals surface area (Å²) in [4.78, 5) is 21.5. The number of aromatic amines is 1.